The molecule has 7 heteroatoms. The molecule has 0 aliphatic rings. The number of nitrogens with zero attached hydrogens (tertiary/aromatic N) is 1. The molecule has 3 rings (SSSR count). The highest BCUT2D eigenvalue weighted by atomic mass is 19.4. The summed E-state index contributed by atoms with van der Waals surface area (Å²) >= 11 is 0. The molecule has 128 valence electrons. The van der Waals surface area contributed by atoms with Crippen molar-refractivity contribution >= 4 is 11.5 Å². The number of hydrogen-bond donors (Lipinski definition) is 1. The van der Waals surface area contributed by atoms with Gasteiger partial charge in [0.1, 0.15) is 17.4 Å². The van der Waals surface area contributed by atoms with Gasteiger partial charge in [0.25, 0.3) is 0 Å². The SMILES string of the molecule is Fc1ccc(Nc2cc(-c3ccc(OC(F)(F)F)cc3)ccn2)cc1. The molecular weight excluding hydrogens is 336 g/mol. The van der Waals surface area contributed by atoms with E-state index in [1.807, 2.05) is 0 Å². The van der Waals surface area contributed by atoms with Gasteiger partial charge in [-0.25, -0.2) is 9.37 Å². The predicted octanol–water partition coefficient (Wildman–Crippen LogP) is 5.53. The maximum absolute atomic E-state index is 12.9. The normalized spacial score (nSPS) is 11.2. The number of alkyl halides is 3. The number of hydrogen-bond acceptors (Lipinski definition) is 3. The van der Waals surface area contributed by atoms with Crippen molar-refractivity contribution in [3.8, 4) is 16.9 Å². The van der Waals surface area contributed by atoms with Gasteiger partial charge in [-0.3, -0.25) is 0 Å². The summed E-state index contributed by atoms with van der Waals surface area (Å²) in [6.45, 7) is 0. The molecule has 0 amide bonds. The fourth-order valence-electron chi connectivity index (χ4n) is 2.21. The quantitative estimate of drug-likeness (QED) is 0.630. The van der Waals surface area contributed by atoms with E-state index in [-0.39, 0.29) is 11.6 Å². The van der Waals surface area contributed by atoms with Gasteiger partial charge in [-0.15, -0.1) is 13.2 Å². The molecule has 0 bridgehead atoms. The Morgan fingerprint density at radius 2 is 1.52 bits per heavy atom. The molecule has 0 atom stereocenters. The van der Waals surface area contributed by atoms with E-state index >= 15 is 0 Å². The summed E-state index contributed by atoms with van der Waals surface area (Å²) in [6.07, 6.45) is -3.15. The summed E-state index contributed by atoms with van der Waals surface area (Å²) in [7, 11) is 0. The van der Waals surface area contributed by atoms with Gasteiger partial charge in [-0.2, -0.15) is 0 Å². The Balaban J connectivity index is 1.78. The van der Waals surface area contributed by atoms with E-state index in [2.05, 4.69) is 15.0 Å². The standard InChI is InChI=1S/C18H12F4N2O/c19-14-3-5-15(6-4-14)24-17-11-13(9-10-23-17)12-1-7-16(8-2-12)25-18(20,21)22/h1-11H,(H,23,24). The third kappa shape index (κ3) is 4.69. The summed E-state index contributed by atoms with van der Waals surface area (Å²) in [5.74, 6) is -0.0943. The zero-order valence-electron chi connectivity index (χ0n) is 12.7. The van der Waals surface area contributed by atoms with Crippen LogP contribution in [0.2, 0.25) is 0 Å². The van der Waals surface area contributed by atoms with Gasteiger partial charge in [0.15, 0.2) is 0 Å². The van der Waals surface area contributed by atoms with E-state index in [4.69, 9.17) is 0 Å². The second kappa shape index (κ2) is 6.80. The van der Waals surface area contributed by atoms with Crippen LogP contribution in [0.15, 0.2) is 66.9 Å². The highest BCUT2D eigenvalue weighted by Gasteiger charge is 2.30. The summed E-state index contributed by atoms with van der Waals surface area (Å²) in [6, 6.07) is 14.8. The molecule has 25 heavy (non-hydrogen) atoms. The van der Waals surface area contributed by atoms with Crippen molar-refractivity contribution in [3.63, 3.8) is 0 Å². The number of aromatic nitrogens is 1. The van der Waals surface area contributed by atoms with Crippen molar-refractivity contribution in [1.82, 2.24) is 4.98 Å². The highest BCUT2D eigenvalue weighted by Crippen LogP contribution is 2.27. The van der Waals surface area contributed by atoms with Crippen LogP contribution < -0.4 is 10.1 Å². The largest absolute Gasteiger partial charge is 0.573 e. The summed E-state index contributed by atoms with van der Waals surface area (Å²) in [5, 5.41) is 3.03. The van der Waals surface area contributed by atoms with Gasteiger partial charge in [0, 0.05) is 11.9 Å². The number of anilines is 2. The Kier molecular flexibility index (Phi) is 4.56. The number of halogens is 4. The molecule has 0 saturated heterocycles. The summed E-state index contributed by atoms with van der Waals surface area (Å²) in [5.41, 5.74) is 2.14. The molecule has 0 spiro atoms. The van der Waals surface area contributed by atoms with Crippen molar-refractivity contribution in [2.45, 2.75) is 6.36 Å². The van der Waals surface area contributed by atoms with Gasteiger partial charge in [0.2, 0.25) is 0 Å². The van der Waals surface area contributed by atoms with Crippen LogP contribution >= 0.6 is 0 Å². The Bertz CT molecular complexity index is 846. The Hall–Kier alpha value is -3.09. The number of benzene rings is 2. The lowest BCUT2D eigenvalue weighted by Gasteiger charge is -2.10. The molecule has 0 unspecified atom stereocenters. The maximum Gasteiger partial charge on any atom is 0.573 e. The molecule has 1 heterocycles. The average Bonchev–Trinajstić information content (AvgIpc) is 2.56. The van der Waals surface area contributed by atoms with Gasteiger partial charge in [0.05, 0.1) is 0 Å². The van der Waals surface area contributed by atoms with Gasteiger partial charge in [-0.1, -0.05) is 12.1 Å². The van der Waals surface area contributed by atoms with Crippen molar-refractivity contribution in [2.24, 2.45) is 0 Å². The zero-order valence-corrected chi connectivity index (χ0v) is 12.7. The molecule has 3 nitrogen and oxygen atoms in total. The van der Waals surface area contributed by atoms with Crippen LogP contribution in [0.1, 0.15) is 0 Å². The average molecular weight is 348 g/mol. The van der Waals surface area contributed by atoms with E-state index in [1.165, 1.54) is 36.4 Å². The van der Waals surface area contributed by atoms with Crippen molar-refractivity contribution < 1.29 is 22.3 Å². The van der Waals surface area contributed by atoms with E-state index in [1.54, 1.807) is 30.5 Å². The molecule has 1 N–H and O–H groups in total. The van der Waals surface area contributed by atoms with Crippen molar-refractivity contribution in [3.05, 3.63) is 72.7 Å². The van der Waals surface area contributed by atoms with Crippen molar-refractivity contribution in [1.29, 1.82) is 0 Å². The van der Waals surface area contributed by atoms with Crippen LogP contribution in [0.5, 0.6) is 5.75 Å². The molecule has 0 radical (unpaired) electrons. The number of ether oxygens (including phenoxy) is 1. The fourth-order valence-corrected chi connectivity index (χ4v) is 2.21. The van der Waals surface area contributed by atoms with E-state index in [9.17, 15) is 17.6 Å². The Labute approximate surface area is 140 Å². The minimum absolute atomic E-state index is 0.282. The Morgan fingerprint density at radius 3 is 2.16 bits per heavy atom. The highest BCUT2D eigenvalue weighted by molar-refractivity contribution is 5.69. The molecule has 1 aromatic heterocycles. The summed E-state index contributed by atoms with van der Waals surface area (Å²) in [4.78, 5) is 4.17. The van der Waals surface area contributed by atoms with Crippen LogP contribution in [0, 0.1) is 5.82 Å². The third-order valence-electron chi connectivity index (χ3n) is 3.30. The van der Waals surface area contributed by atoms with Crippen LogP contribution in [-0.4, -0.2) is 11.3 Å². The fraction of sp³-hybridized carbons (Fsp3) is 0.0556. The number of nitrogens with one attached hydrogen (secondary N) is 1. The van der Waals surface area contributed by atoms with Crippen LogP contribution in [-0.2, 0) is 0 Å². The van der Waals surface area contributed by atoms with Crippen LogP contribution in [0.4, 0.5) is 29.1 Å². The molecule has 2 aromatic carbocycles. The van der Waals surface area contributed by atoms with E-state index in [0.29, 0.717) is 17.1 Å². The minimum atomic E-state index is -4.72. The summed E-state index contributed by atoms with van der Waals surface area (Å²) < 4.78 is 53.3. The minimum Gasteiger partial charge on any atom is -0.406 e. The first-order valence-corrected chi connectivity index (χ1v) is 7.24. The first-order chi connectivity index (χ1) is 11.9. The zero-order chi connectivity index (χ0) is 17.9. The number of rotatable bonds is 4. The molecule has 0 saturated carbocycles. The smallest absolute Gasteiger partial charge is 0.406 e. The first kappa shape index (κ1) is 16.8. The molecule has 0 aliphatic carbocycles. The van der Waals surface area contributed by atoms with Crippen LogP contribution in [0.25, 0.3) is 11.1 Å². The first-order valence-electron chi connectivity index (χ1n) is 7.24. The molecular formula is C18H12F4N2O. The maximum atomic E-state index is 12.9. The second-order valence-electron chi connectivity index (χ2n) is 5.13. The second-order valence-corrected chi connectivity index (χ2v) is 5.13. The molecule has 0 aliphatic heterocycles. The molecule has 0 fully saturated rings. The Morgan fingerprint density at radius 1 is 0.840 bits per heavy atom. The van der Waals surface area contributed by atoms with Gasteiger partial charge < -0.3 is 10.1 Å². The monoisotopic (exact) mass is 348 g/mol. The van der Waals surface area contributed by atoms with Crippen LogP contribution in [0.3, 0.4) is 0 Å². The van der Waals surface area contributed by atoms with E-state index < -0.39 is 6.36 Å². The van der Waals surface area contributed by atoms with Crippen molar-refractivity contribution in [2.75, 3.05) is 5.32 Å². The van der Waals surface area contributed by atoms with Gasteiger partial charge in [-0.05, 0) is 59.7 Å². The lowest BCUT2D eigenvalue weighted by Crippen LogP contribution is -2.16. The third-order valence-corrected chi connectivity index (χ3v) is 3.30. The number of pyridine rings is 1. The van der Waals surface area contributed by atoms with Gasteiger partial charge >= 0.3 is 6.36 Å². The predicted molar refractivity (Wildman–Crippen MR) is 86.0 cm³/mol. The topological polar surface area (TPSA) is 34.1 Å². The molecule has 3 aromatic rings. The lowest BCUT2D eigenvalue weighted by molar-refractivity contribution is -0.274. The lowest BCUT2D eigenvalue weighted by atomic mass is 10.1. The van der Waals surface area contributed by atoms with E-state index in [0.717, 1.165) is 5.56 Å².